The molecule has 0 saturated heterocycles. The lowest BCUT2D eigenvalue weighted by atomic mass is 10.2. The van der Waals surface area contributed by atoms with E-state index < -0.39 is 17.4 Å². The van der Waals surface area contributed by atoms with Gasteiger partial charge in [-0.05, 0) is 30.7 Å². The second-order valence-corrected chi connectivity index (χ2v) is 4.85. The highest BCUT2D eigenvalue weighted by Crippen LogP contribution is 2.26. The van der Waals surface area contributed by atoms with E-state index in [0.29, 0.717) is 10.6 Å². The Morgan fingerprint density at radius 1 is 1.42 bits per heavy atom. The minimum atomic E-state index is -1.04. The SMILES string of the molecule is Cc1cc(NC(=O)c2ccc[nH]c2=O)sc1C(=O)O. The maximum atomic E-state index is 11.9. The second-order valence-electron chi connectivity index (χ2n) is 3.79. The molecule has 0 fully saturated rings. The number of carbonyl (C=O) groups is 2. The van der Waals surface area contributed by atoms with Crippen molar-refractivity contribution in [1.29, 1.82) is 0 Å². The van der Waals surface area contributed by atoms with E-state index in [1.54, 1.807) is 19.1 Å². The van der Waals surface area contributed by atoms with Gasteiger partial charge < -0.3 is 15.4 Å². The summed E-state index contributed by atoms with van der Waals surface area (Å²) in [6.07, 6.45) is 1.43. The molecular formula is C12H10N2O4S. The van der Waals surface area contributed by atoms with Crippen molar-refractivity contribution in [3.63, 3.8) is 0 Å². The molecule has 0 aliphatic rings. The van der Waals surface area contributed by atoms with Crippen molar-refractivity contribution >= 4 is 28.2 Å². The van der Waals surface area contributed by atoms with Crippen molar-refractivity contribution in [2.45, 2.75) is 6.92 Å². The van der Waals surface area contributed by atoms with Crippen LogP contribution in [0.2, 0.25) is 0 Å². The Bertz CT molecular complexity index is 702. The molecular weight excluding hydrogens is 268 g/mol. The molecule has 0 spiro atoms. The van der Waals surface area contributed by atoms with Crippen LogP contribution in [0.1, 0.15) is 25.6 Å². The topological polar surface area (TPSA) is 99.3 Å². The molecule has 98 valence electrons. The molecule has 0 aliphatic heterocycles. The van der Waals surface area contributed by atoms with Crippen LogP contribution >= 0.6 is 11.3 Å². The van der Waals surface area contributed by atoms with Crippen LogP contribution in [0.3, 0.4) is 0 Å². The lowest BCUT2D eigenvalue weighted by Crippen LogP contribution is -2.22. The number of aryl methyl sites for hydroxylation is 1. The number of pyridine rings is 1. The van der Waals surface area contributed by atoms with Crippen molar-refractivity contribution in [1.82, 2.24) is 4.98 Å². The largest absolute Gasteiger partial charge is 0.477 e. The van der Waals surface area contributed by atoms with Crippen LogP contribution in [0.5, 0.6) is 0 Å². The summed E-state index contributed by atoms with van der Waals surface area (Å²) < 4.78 is 0. The maximum absolute atomic E-state index is 11.9. The van der Waals surface area contributed by atoms with Gasteiger partial charge in [-0.2, -0.15) is 0 Å². The van der Waals surface area contributed by atoms with E-state index in [1.807, 2.05) is 0 Å². The molecule has 7 heteroatoms. The van der Waals surface area contributed by atoms with Crippen LogP contribution < -0.4 is 10.9 Å². The zero-order valence-corrected chi connectivity index (χ0v) is 10.7. The molecule has 0 aliphatic carbocycles. The van der Waals surface area contributed by atoms with Crippen LogP contribution in [0.15, 0.2) is 29.2 Å². The zero-order valence-electron chi connectivity index (χ0n) is 9.89. The predicted molar refractivity (Wildman–Crippen MR) is 71.0 cm³/mol. The van der Waals surface area contributed by atoms with Crippen LogP contribution in [0.4, 0.5) is 5.00 Å². The number of nitrogens with one attached hydrogen (secondary N) is 2. The monoisotopic (exact) mass is 278 g/mol. The van der Waals surface area contributed by atoms with Crippen molar-refractivity contribution in [2.75, 3.05) is 5.32 Å². The summed E-state index contributed by atoms with van der Waals surface area (Å²) in [7, 11) is 0. The van der Waals surface area contributed by atoms with Gasteiger partial charge in [0.25, 0.3) is 11.5 Å². The molecule has 1 amide bonds. The van der Waals surface area contributed by atoms with E-state index in [0.717, 1.165) is 11.3 Å². The highest BCUT2D eigenvalue weighted by Gasteiger charge is 2.15. The molecule has 2 rings (SSSR count). The van der Waals surface area contributed by atoms with Crippen LogP contribution in [-0.4, -0.2) is 22.0 Å². The predicted octanol–water partition coefficient (Wildman–Crippen LogP) is 1.70. The van der Waals surface area contributed by atoms with Crippen molar-refractivity contribution in [3.05, 3.63) is 50.8 Å². The number of H-pyrrole nitrogens is 1. The van der Waals surface area contributed by atoms with Gasteiger partial charge in [0.05, 0.1) is 5.00 Å². The maximum Gasteiger partial charge on any atom is 0.346 e. The Morgan fingerprint density at radius 2 is 2.16 bits per heavy atom. The molecule has 0 bridgehead atoms. The number of aromatic carboxylic acids is 1. The molecule has 3 N–H and O–H groups in total. The van der Waals surface area contributed by atoms with E-state index in [1.165, 1.54) is 12.3 Å². The molecule has 6 nitrogen and oxygen atoms in total. The number of anilines is 1. The minimum Gasteiger partial charge on any atom is -0.477 e. The average molecular weight is 278 g/mol. The summed E-state index contributed by atoms with van der Waals surface area (Å²) in [5, 5.41) is 11.8. The smallest absolute Gasteiger partial charge is 0.346 e. The third kappa shape index (κ3) is 2.71. The Labute approximate surface area is 111 Å². The summed E-state index contributed by atoms with van der Waals surface area (Å²) in [5.41, 5.74) is 0.0481. The first-order valence-corrected chi connectivity index (χ1v) is 6.13. The number of rotatable bonds is 3. The van der Waals surface area contributed by atoms with Gasteiger partial charge in [-0.1, -0.05) is 0 Å². The van der Waals surface area contributed by atoms with Gasteiger partial charge in [0.15, 0.2) is 0 Å². The number of thiophene rings is 1. The fourth-order valence-corrected chi connectivity index (χ4v) is 2.44. The van der Waals surface area contributed by atoms with Crippen molar-refractivity contribution in [3.8, 4) is 0 Å². The van der Waals surface area contributed by atoms with E-state index in [9.17, 15) is 14.4 Å². The number of carboxylic acid groups (broad SMARTS) is 1. The third-order valence-corrected chi connectivity index (χ3v) is 3.55. The third-order valence-electron chi connectivity index (χ3n) is 2.41. The molecule has 0 radical (unpaired) electrons. The highest BCUT2D eigenvalue weighted by molar-refractivity contribution is 7.18. The van der Waals surface area contributed by atoms with Gasteiger partial charge in [-0.25, -0.2) is 4.79 Å². The molecule has 0 saturated carbocycles. The van der Waals surface area contributed by atoms with Crippen LogP contribution in [0, 0.1) is 6.92 Å². The molecule has 19 heavy (non-hydrogen) atoms. The number of carbonyl (C=O) groups excluding carboxylic acids is 1. The van der Waals surface area contributed by atoms with Crippen molar-refractivity contribution < 1.29 is 14.7 Å². The molecule has 2 aromatic rings. The van der Waals surface area contributed by atoms with Crippen LogP contribution in [-0.2, 0) is 0 Å². The normalized spacial score (nSPS) is 10.2. The molecule has 2 aromatic heterocycles. The Hall–Kier alpha value is -2.41. The molecule has 0 aromatic carbocycles. The second kappa shape index (κ2) is 5.07. The van der Waals surface area contributed by atoms with Crippen LogP contribution in [0.25, 0.3) is 0 Å². The number of hydrogen-bond acceptors (Lipinski definition) is 4. The fraction of sp³-hybridized carbons (Fsp3) is 0.0833. The molecule has 2 heterocycles. The summed E-state index contributed by atoms with van der Waals surface area (Å²) >= 11 is 0.953. The lowest BCUT2D eigenvalue weighted by Gasteiger charge is -2.00. The van der Waals surface area contributed by atoms with E-state index in [2.05, 4.69) is 10.3 Å². The van der Waals surface area contributed by atoms with Gasteiger partial charge in [0, 0.05) is 6.20 Å². The Kier molecular flexibility index (Phi) is 3.48. The number of carboxylic acids is 1. The molecule has 0 atom stereocenters. The lowest BCUT2D eigenvalue weighted by molar-refractivity contribution is 0.0701. The highest BCUT2D eigenvalue weighted by atomic mass is 32.1. The summed E-state index contributed by atoms with van der Waals surface area (Å²) in [6.45, 7) is 1.64. The Balaban J connectivity index is 2.25. The number of aromatic nitrogens is 1. The summed E-state index contributed by atoms with van der Waals surface area (Å²) in [5.74, 6) is -1.61. The zero-order chi connectivity index (χ0) is 14.0. The first-order chi connectivity index (χ1) is 8.99. The summed E-state index contributed by atoms with van der Waals surface area (Å²) in [4.78, 5) is 36.7. The first-order valence-electron chi connectivity index (χ1n) is 5.32. The Morgan fingerprint density at radius 3 is 2.74 bits per heavy atom. The van der Waals surface area contributed by atoms with E-state index in [-0.39, 0.29) is 10.4 Å². The van der Waals surface area contributed by atoms with Gasteiger partial charge in [0.2, 0.25) is 0 Å². The van der Waals surface area contributed by atoms with Gasteiger partial charge in [-0.3, -0.25) is 9.59 Å². The molecule has 0 unspecified atom stereocenters. The number of aromatic amines is 1. The quantitative estimate of drug-likeness (QED) is 0.795. The van der Waals surface area contributed by atoms with E-state index in [4.69, 9.17) is 5.11 Å². The van der Waals surface area contributed by atoms with Gasteiger partial charge in [-0.15, -0.1) is 11.3 Å². The summed E-state index contributed by atoms with van der Waals surface area (Å²) in [6, 6.07) is 4.49. The van der Waals surface area contributed by atoms with Gasteiger partial charge >= 0.3 is 5.97 Å². The minimum absolute atomic E-state index is 0.0228. The van der Waals surface area contributed by atoms with E-state index >= 15 is 0 Å². The fourth-order valence-electron chi connectivity index (χ4n) is 1.54. The standard InChI is InChI=1S/C12H10N2O4S/c1-6-5-8(19-9(6)12(17)18)14-11(16)7-3-2-4-13-10(7)15/h2-5H,1H3,(H,13,15)(H,14,16)(H,17,18). The van der Waals surface area contributed by atoms with Crippen molar-refractivity contribution in [2.24, 2.45) is 0 Å². The number of hydrogen-bond donors (Lipinski definition) is 3. The number of amides is 1. The van der Waals surface area contributed by atoms with Gasteiger partial charge in [0.1, 0.15) is 10.4 Å². The first kappa shape index (κ1) is 13.0. The average Bonchev–Trinajstić information content (AvgIpc) is 2.70.